The smallest absolute Gasteiger partial charge is 0.108 e. The highest BCUT2D eigenvalue weighted by Crippen LogP contribution is 2.03. The molecule has 0 bridgehead atoms. The second kappa shape index (κ2) is 7.76. The summed E-state index contributed by atoms with van der Waals surface area (Å²) in [6.07, 6.45) is 0.884. The third kappa shape index (κ3) is 4.58. The number of amidine groups is 1. The molecule has 0 spiro atoms. The molecule has 1 unspecified atom stereocenters. The lowest BCUT2D eigenvalue weighted by molar-refractivity contribution is 0.107. The maximum Gasteiger partial charge on any atom is 0.108 e. The van der Waals surface area contributed by atoms with Gasteiger partial charge in [0.25, 0.3) is 0 Å². The Morgan fingerprint density at radius 3 is 2.43 bits per heavy atom. The third-order valence-corrected chi connectivity index (χ3v) is 2.32. The number of hydrogen-bond acceptors (Lipinski definition) is 3. The van der Waals surface area contributed by atoms with Crippen molar-refractivity contribution in [2.24, 2.45) is 5.73 Å². The summed E-state index contributed by atoms with van der Waals surface area (Å²) in [4.78, 5) is 2.18. The van der Waals surface area contributed by atoms with Gasteiger partial charge in [-0.15, -0.1) is 0 Å². The minimum atomic E-state index is 0.0699. The van der Waals surface area contributed by atoms with Crippen LogP contribution >= 0.6 is 0 Å². The Labute approximate surface area is 86.9 Å². The van der Waals surface area contributed by atoms with Crippen LogP contribution in [0.15, 0.2) is 0 Å². The number of nitrogens with two attached hydrogens (primary N) is 1. The molecule has 0 saturated carbocycles. The normalized spacial score (nSPS) is 13.1. The standard InChI is InChI=1S/C10H23N3O/c1-4-9(10(11)12)13(5-2)7-8-14-6-3/h9H,4-8H2,1-3H3,(H3,11,12). The Morgan fingerprint density at radius 2 is 2.07 bits per heavy atom. The minimum absolute atomic E-state index is 0.0699. The molecule has 0 aromatic carbocycles. The van der Waals surface area contributed by atoms with E-state index in [1.165, 1.54) is 0 Å². The highest BCUT2D eigenvalue weighted by atomic mass is 16.5. The van der Waals surface area contributed by atoms with Crippen molar-refractivity contribution in [1.82, 2.24) is 4.90 Å². The van der Waals surface area contributed by atoms with E-state index in [-0.39, 0.29) is 11.9 Å². The summed E-state index contributed by atoms with van der Waals surface area (Å²) in [6.45, 7) is 9.33. The van der Waals surface area contributed by atoms with E-state index in [2.05, 4.69) is 18.7 Å². The van der Waals surface area contributed by atoms with Gasteiger partial charge in [0, 0.05) is 13.2 Å². The quantitative estimate of drug-likeness (QED) is 0.351. The molecular formula is C10H23N3O. The van der Waals surface area contributed by atoms with Crippen LogP contribution in [0.5, 0.6) is 0 Å². The first kappa shape index (κ1) is 13.4. The molecule has 0 aliphatic heterocycles. The van der Waals surface area contributed by atoms with Crippen LogP contribution in [0, 0.1) is 5.41 Å². The van der Waals surface area contributed by atoms with Gasteiger partial charge >= 0.3 is 0 Å². The second-order valence-corrected chi connectivity index (χ2v) is 3.20. The molecule has 1 atom stereocenters. The first-order valence-corrected chi connectivity index (χ1v) is 5.32. The largest absolute Gasteiger partial charge is 0.386 e. The SMILES string of the molecule is CCOCCN(CC)C(CC)C(=N)N. The molecule has 0 radical (unpaired) electrons. The maximum atomic E-state index is 7.46. The summed E-state index contributed by atoms with van der Waals surface area (Å²) < 4.78 is 5.29. The van der Waals surface area contributed by atoms with Crippen LogP contribution in [0.4, 0.5) is 0 Å². The Hall–Kier alpha value is -0.610. The van der Waals surface area contributed by atoms with Gasteiger partial charge in [-0.1, -0.05) is 13.8 Å². The zero-order valence-electron chi connectivity index (χ0n) is 9.55. The molecule has 0 fully saturated rings. The van der Waals surface area contributed by atoms with Gasteiger partial charge in [-0.05, 0) is 19.9 Å². The van der Waals surface area contributed by atoms with Crippen molar-refractivity contribution in [2.75, 3.05) is 26.3 Å². The van der Waals surface area contributed by atoms with Gasteiger partial charge in [0.2, 0.25) is 0 Å². The van der Waals surface area contributed by atoms with E-state index in [9.17, 15) is 0 Å². The predicted molar refractivity (Wildman–Crippen MR) is 59.7 cm³/mol. The summed E-state index contributed by atoms with van der Waals surface area (Å²) in [5.41, 5.74) is 5.53. The molecule has 0 aromatic heterocycles. The van der Waals surface area contributed by atoms with Crippen LogP contribution in [-0.2, 0) is 4.74 Å². The van der Waals surface area contributed by atoms with Crippen molar-refractivity contribution in [3.05, 3.63) is 0 Å². The van der Waals surface area contributed by atoms with E-state index in [0.29, 0.717) is 6.61 Å². The van der Waals surface area contributed by atoms with Crippen molar-refractivity contribution in [3.8, 4) is 0 Å². The molecule has 0 aliphatic rings. The van der Waals surface area contributed by atoms with Crippen molar-refractivity contribution in [2.45, 2.75) is 33.2 Å². The average molecular weight is 201 g/mol. The van der Waals surface area contributed by atoms with Gasteiger partial charge in [-0.2, -0.15) is 0 Å². The Balaban J connectivity index is 4.01. The molecule has 0 aromatic rings. The van der Waals surface area contributed by atoms with Gasteiger partial charge in [-0.3, -0.25) is 10.3 Å². The average Bonchev–Trinajstić information content (AvgIpc) is 2.16. The van der Waals surface area contributed by atoms with Gasteiger partial charge in [0.05, 0.1) is 12.6 Å². The zero-order chi connectivity index (χ0) is 11.0. The van der Waals surface area contributed by atoms with Gasteiger partial charge < -0.3 is 10.5 Å². The molecular weight excluding hydrogens is 178 g/mol. The van der Waals surface area contributed by atoms with Gasteiger partial charge in [0.1, 0.15) is 5.84 Å². The van der Waals surface area contributed by atoms with Crippen LogP contribution in [0.25, 0.3) is 0 Å². The molecule has 4 heteroatoms. The van der Waals surface area contributed by atoms with Crippen molar-refractivity contribution in [1.29, 1.82) is 5.41 Å². The van der Waals surface area contributed by atoms with Crippen LogP contribution in [0.3, 0.4) is 0 Å². The Kier molecular flexibility index (Phi) is 7.42. The number of hydrogen-bond donors (Lipinski definition) is 2. The molecule has 0 amide bonds. The van der Waals surface area contributed by atoms with E-state index in [1.54, 1.807) is 0 Å². The zero-order valence-corrected chi connectivity index (χ0v) is 9.55. The van der Waals surface area contributed by atoms with Crippen molar-refractivity contribution >= 4 is 5.84 Å². The van der Waals surface area contributed by atoms with E-state index in [4.69, 9.17) is 15.9 Å². The highest BCUT2D eigenvalue weighted by molar-refractivity contribution is 5.82. The van der Waals surface area contributed by atoms with E-state index < -0.39 is 0 Å². The van der Waals surface area contributed by atoms with Crippen LogP contribution in [-0.4, -0.2) is 43.1 Å². The van der Waals surface area contributed by atoms with Crippen LogP contribution in [0.1, 0.15) is 27.2 Å². The topological polar surface area (TPSA) is 62.3 Å². The number of rotatable bonds is 8. The number of likely N-dealkylation sites (N-methyl/N-ethyl adjacent to an activating group) is 1. The lowest BCUT2D eigenvalue weighted by atomic mass is 10.1. The van der Waals surface area contributed by atoms with Gasteiger partial charge in [-0.25, -0.2) is 0 Å². The number of ether oxygens (including phenoxy) is 1. The molecule has 0 rings (SSSR count). The van der Waals surface area contributed by atoms with E-state index in [1.807, 2.05) is 6.92 Å². The predicted octanol–water partition coefficient (Wildman–Crippen LogP) is 1.06. The number of nitrogens with zero attached hydrogens (tertiary/aromatic N) is 1. The van der Waals surface area contributed by atoms with Gasteiger partial charge in [0.15, 0.2) is 0 Å². The molecule has 3 N–H and O–H groups in total. The Bertz CT molecular complexity index is 161. The lowest BCUT2D eigenvalue weighted by Gasteiger charge is -2.28. The lowest BCUT2D eigenvalue weighted by Crippen LogP contribution is -2.45. The maximum absolute atomic E-state index is 7.46. The summed E-state index contributed by atoms with van der Waals surface area (Å²) in [5.74, 6) is 0.255. The number of nitrogens with one attached hydrogen (secondary N) is 1. The minimum Gasteiger partial charge on any atom is -0.386 e. The molecule has 14 heavy (non-hydrogen) atoms. The summed E-state index contributed by atoms with van der Waals surface area (Å²) >= 11 is 0. The molecule has 0 saturated heterocycles. The monoisotopic (exact) mass is 201 g/mol. The van der Waals surface area contributed by atoms with Crippen LogP contribution < -0.4 is 5.73 Å². The van der Waals surface area contributed by atoms with E-state index >= 15 is 0 Å². The van der Waals surface area contributed by atoms with Crippen molar-refractivity contribution < 1.29 is 4.74 Å². The Morgan fingerprint density at radius 1 is 1.43 bits per heavy atom. The van der Waals surface area contributed by atoms with E-state index in [0.717, 1.165) is 26.1 Å². The molecule has 0 aliphatic carbocycles. The fourth-order valence-corrected chi connectivity index (χ4v) is 1.54. The molecule has 0 heterocycles. The highest BCUT2D eigenvalue weighted by Gasteiger charge is 2.17. The van der Waals surface area contributed by atoms with Crippen LogP contribution in [0.2, 0.25) is 0 Å². The summed E-state index contributed by atoms with van der Waals surface area (Å²) in [5, 5.41) is 7.46. The first-order valence-electron chi connectivity index (χ1n) is 5.32. The fourth-order valence-electron chi connectivity index (χ4n) is 1.54. The molecule has 4 nitrogen and oxygen atoms in total. The summed E-state index contributed by atoms with van der Waals surface area (Å²) in [7, 11) is 0. The first-order chi connectivity index (χ1) is 6.67. The fraction of sp³-hybridized carbons (Fsp3) is 0.900. The van der Waals surface area contributed by atoms with Crippen molar-refractivity contribution in [3.63, 3.8) is 0 Å². The third-order valence-electron chi connectivity index (χ3n) is 2.32. The molecule has 84 valence electrons. The second-order valence-electron chi connectivity index (χ2n) is 3.20. The summed E-state index contributed by atoms with van der Waals surface area (Å²) in [6, 6.07) is 0.0699.